The number of carbonyl (C=O) groups is 3. The molecule has 0 bridgehead atoms. The average Bonchev–Trinajstić information content (AvgIpc) is 2.74. The number of para-hydroxylation sites is 1. The predicted octanol–water partition coefficient (Wildman–Crippen LogP) is 4.10. The van der Waals surface area contributed by atoms with Gasteiger partial charge in [-0.2, -0.15) is 5.10 Å². The smallest absolute Gasteiger partial charge is 0.322 e. The first-order valence-electron chi connectivity index (χ1n) is 9.29. The maximum absolute atomic E-state index is 12.7. The van der Waals surface area contributed by atoms with Crippen LogP contribution in [0.2, 0.25) is 0 Å². The number of aryl methyl sites for hydroxylation is 1. The van der Waals surface area contributed by atoms with Crippen molar-refractivity contribution >= 4 is 51.2 Å². The number of nitrogens with one attached hydrogen (secondary N) is 3. The van der Waals surface area contributed by atoms with Crippen LogP contribution < -0.4 is 16.1 Å². The van der Waals surface area contributed by atoms with Crippen molar-refractivity contribution in [2.24, 2.45) is 5.10 Å². The average molecular weight is 479 g/mol. The second kappa shape index (κ2) is 10.3. The third kappa shape index (κ3) is 6.35. The van der Waals surface area contributed by atoms with E-state index in [1.54, 1.807) is 42.5 Å². The van der Waals surface area contributed by atoms with Gasteiger partial charge in [0.15, 0.2) is 0 Å². The molecule has 0 unspecified atom stereocenters. The highest BCUT2D eigenvalue weighted by Crippen LogP contribution is 2.18. The molecule has 8 heteroatoms. The van der Waals surface area contributed by atoms with E-state index in [1.807, 2.05) is 37.3 Å². The highest BCUT2D eigenvalue weighted by atomic mass is 79.9. The Morgan fingerprint density at radius 2 is 1.65 bits per heavy atom. The van der Waals surface area contributed by atoms with Crippen molar-refractivity contribution in [3.8, 4) is 0 Å². The summed E-state index contributed by atoms with van der Waals surface area (Å²) in [5.74, 6) is -2.31. The van der Waals surface area contributed by atoms with Crippen LogP contribution in [0.15, 0.2) is 82.4 Å². The number of rotatable bonds is 5. The zero-order chi connectivity index (χ0) is 22.2. The fourth-order valence-electron chi connectivity index (χ4n) is 2.69. The van der Waals surface area contributed by atoms with Crippen LogP contribution in [0.3, 0.4) is 0 Å². The second-order valence-electron chi connectivity index (χ2n) is 6.58. The molecule has 0 atom stereocenters. The van der Waals surface area contributed by atoms with Gasteiger partial charge in [-0.1, -0.05) is 52.3 Å². The maximum Gasteiger partial charge on any atom is 0.329 e. The Kier molecular flexibility index (Phi) is 7.29. The molecule has 0 aromatic heterocycles. The molecule has 0 saturated carbocycles. The van der Waals surface area contributed by atoms with Crippen LogP contribution in [0.5, 0.6) is 0 Å². The quantitative estimate of drug-likeness (QED) is 0.292. The summed E-state index contributed by atoms with van der Waals surface area (Å²) in [7, 11) is 0. The van der Waals surface area contributed by atoms with Gasteiger partial charge in [0.25, 0.3) is 5.91 Å². The van der Waals surface area contributed by atoms with Gasteiger partial charge in [-0.25, -0.2) is 5.43 Å². The fraction of sp³-hybridized carbons (Fsp3) is 0.0435. The molecule has 31 heavy (non-hydrogen) atoms. The third-order valence-corrected chi connectivity index (χ3v) is 4.62. The van der Waals surface area contributed by atoms with Crippen molar-refractivity contribution in [2.45, 2.75) is 6.92 Å². The van der Waals surface area contributed by atoms with E-state index in [0.717, 1.165) is 15.6 Å². The highest BCUT2D eigenvalue weighted by molar-refractivity contribution is 9.10. The van der Waals surface area contributed by atoms with E-state index in [1.165, 1.54) is 6.21 Å². The molecule has 7 nitrogen and oxygen atoms in total. The minimum absolute atomic E-state index is 0.212. The Hall–Kier alpha value is -3.78. The summed E-state index contributed by atoms with van der Waals surface area (Å²) in [5, 5.41) is 9.02. The molecule has 156 valence electrons. The Morgan fingerprint density at radius 1 is 0.871 bits per heavy atom. The van der Waals surface area contributed by atoms with Crippen LogP contribution in [-0.4, -0.2) is 23.9 Å². The Balaban J connectivity index is 1.64. The zero-order valence-corrected chi connectivity index (χ0v) is 18.1. The van der Waals surface area contributed by atoms with Gasteiger partial charge < -0.3 is 10.6 Å². The number of anilines is 2. The number of carbonyl (C=O) groups excluding carboxylic acids is 3. The van der Waals surface area contributed by atoms with Gasteiger partial charge in [0, 0.05) is 10.2 Å². The van der Waals surface area contributed by atoms with Gasteiger partial charge in [0.05, 0.1) is 17.5 Å². The Morgan fingerprint density at radius 3 is 2.42 bits per heavy atom. The van der Waals surface area contributed by atoms with E-state index in [2.05, 4.69) is 37.1 Å². The number of hydrogen-bond acceptors (Lipinski definition) is 4. The van der Waals surface area contributed by atoms with Gasteiger partial charge in [-0.05, 0) is 54.4 Å². The van der Waals surface area contributed by atoms with Gasteiger partial charge in [0.2, 0.25) is 0 Å². The lowest BCUT2D eigenvalue weighted by atomic mass is 10.1. The van der Waals surface area contributed by atoms with E-state index < -0.39 is 17.7 Å². The largest absolute Gasteiger partial charge is 0.329 e. The summed E-state index contributed by atoms with van der Waals surface area (Å²) in [4.78, 5) is 37.0. The minimum Gasteiger partial charge on any atom is -0.322 e. The molecular formula is C23H19BrN4O3. The first-order valence-corrected chi connectivity index (χ1v) is 10.1. The molecule has 3 amide bonds. The molecule has 0 aliphatic rings. The van der Waals surface area contributed by atoms with Crippen molar-refractivity contribution < 1.29 is 14.4 Å². The molecule has 0 radical (unpaired) electrons. The maximum atomic E-state index is 12.7. The van der Waals surface area contributed by atoms with E-state index in [9.17, 15) is 14.4 Å². The van der Waals surface area contributed by atoms with Crippen molar-refractivity contribution in [2.75, 3.05) is 10.6 Å². The molecule has 3 N–H and O–H groups in total. The van der Waals surface area contributed by atoms with E-state index in [0.29, 0.717) is 5.69 Å². The van der Waals surface area contributed by atoms with Crippen molar-refractivity contribution in [3.05, 3.63) is 94.0 Å². The molecule has 0 spiro atoms. The topological polar surface area (TPSA) is 99.7 Å². The lowest BCUT2D eigenvalue weighted by molar-refractivity contribution is -0.136. The third-order valence-electron chi connectivity index (χ3n) is 4.13. The minimum atomic E-state index is -0.958. The van der Waals surface area contributed by atoms with Crippen molar-refractivity contribution in [1.29, 1.82) is 0 Å². The molecule has 3 rings (SSSR count). The van der Waals surface area contributed by atoms with Crippen molar-refractivity contribution in [1.82, 2.24) is 5.43 Å². The van der Waals surface area contributed by atoms with Crippen LogP contribution >= 0.6 is 15.9 Å². The lowest BCUT2D eigenvalue weighted by Gasteiger charge is -2.11. The van der Waals surface area contributed by atoms with Gasteiger partial charge in [-0.3, -0.25) is 14.4 Å². The lowest BCUT2D eigenvalue weighted by Crippen LogP contribution is -2.33. The highest BCUT2D eigenvalue weighted by Gasteiger charge is 2.17. The molecule has 0 fully saturated rings. The summed E-state index contributed by atoms with van der Waals surface area (Å²) < 4.78 is 0.862. The summed E-state index contributed by atoms with van der Waals surface area (Å²) in [6.07, 6.45) is 1.42. The summed E-state index contributed by atoms with van der Waals surface area (Å²) in [5.41, 5.74) is 4.98. The van der Waals surface area contributed by atoms with Crippen LogP contribution in [-0.2, 0) is 9.59 Å². The standard InChI is InChI=1S/C23H19BrN4O3/c1-15-6-4-9-18(12-15)26-21(29)19-10-2-3-11-20(19)27-22(30)23(31)28-25-14-16-7-5-8-17(24)13-16/h2-14H,1H3,(H,26,29)(H,27,30)(H,28,31)/b25-14-. The van der Waals surface area contributed by atoms with Crippen LogP contribution in [0.1, 0.15) is 21.5 Å². The monoisotopic (exact) mass is 478 g/mol. The number of amides is 3. The number of benzene rings is 3. The number of halogens is 1. The van der Waals surface area contributed by atoms with Crippen LogP contribution in [0, 0.1) is 6.92 Å². The second-order valence-corrected chi connectivity index (χ2v) is 7.49. The Labute approximate surface area is 187 Å². The SMILES string of the molecule is Cc1cccc(NC(=O)c2ccccc2NC(=O)C(=O)N/N=C\c2cccc(Br)c2)c1. The van der Waals surface area contributed by atoms with Gasteiger partial charge in [-0.15, -0.1) is 0 Å². The number of hydrogen-bond donors (Lipinski definition) is 3. The van der Waals surface area contributed by atoms with E-state index in [4.69, 9.17) is 0 Å². The van der Waals surface area contributed by atoms with Gasteiger partial charge in [0.1, 0.15) is 0 Å². The Bertz CT molecular complexity index is 1160. The normalized spacial score (nSPS) is 10.5. The summed E-state index contributed by atoms with van der Waals surface area (Å²) in [6.45, 7) is 1.92. The zero-order valence-electron chi connectivity index (χ0n) is 16.6. The van der Waals surface area contributed by atoms with Crippen LogP contribution in [0.25, 0.3) is 0 Å². The molecule has 0 heterocycles. The number of hydrazone groups is 1. The van der Waals surface area contributed by atoms with E-state index >= 15 is 0 Å². The molecule has 3 aromatic rings. The molecule has 0 aliphatic carbocycles. The molecule has 3 aromatic carbocycles. The molecular weight excluding hydrogens is 460 g/mol. The fourth-order valence-corrected chi connectivity index (χ4v) is 3.11. The first-order chi connectivity index (χ1) is 14.9. The molecule has 0 aliphatic heterocycles. The van der Waals surface area contributed by atoms with E-state index in [-0.39, 0.29) is 11.3 Å². The summed E-state index contributed by atoms with van der Waals surface area (Å²) >= 11 is 3.34. The van der Waals surface area contributed by atoms with Crippen molar-refractivity contribution in [3.63, 3.8) is 0 Å². The van der Waals surface area contributed by atoms with Gasteiger partial charge >= 0.3 is 11.8 Å². The number of nitrogens with zero attached hydrogens (tertiary/aromatic N) is 1. The summed E-state index contributed by atoms with van der Waals surface area (Å²) in [6, 6.07) is 21.0. The molecule has 0 saturated heterocycles. The van der Waals surface area contributed by atoms with Crippen LogP contribution in [0.4, 0.5) is 11.4 Å². The predicted molar refractivity (Wildman–Crippen MR) is 124 cm³/mol. The first kappa shape index (κ1) is 21.9.